The predicted octanol–water partition coefficient (Wildman–Crippen LogP) is 4.43. The highest BCUT2D eigenvalue weighted by atomic mass is 35.5. The Hall–Kier alpha value is -2.95. The van der Waals surface area contributed by atoms with Gasteiger partial charge in [-0.3, -0.25) is 9.69 Å². The van der Waals surface area contributed by atoms with Crippen molar-refractivity contribution in [1.29, 1.82) is 0 Å². The second-order valence-electron chi connectivity index (χ2n) is 7.56. The van der Waals surface area contributed by atoms with Gasteiger partial charge in [0.15, 0.2) is 5.82 Å². The highest BCUT2D eigenvalue weighted by molar-refractivity contribution is 6.31. The molecule has 2 aliphatic rings. The van der Waals surface area contributed by atoms with Crippen molar-refractivity contribution in [1.82, 2.24) is 10.3 Å². The number of nitrogens with one attached hydrogen (secondary N) is 1. The molecule has 0 spiro atoms. The van der Waals surface area contributed by atoms with Crippen LogP contribution in [0.1, 0.15) is 24.1 Å². The number of urea groups is 1. The maximum atomic E-state index is 14.7. The van der Waals surface area contributed by atoms with Gasteiger partial charge in [0.05, 0.1) is 11.3 Å². The van der Waals surface area contributed by atoms with Crippen molar-refractivity contribution < 1.29 is 31.5 Å². The fourth-order valence-electron chi connectivity index (χ4n) is 3.59. The van der Waals surface area contributed by atoms with Gasteiger partial charge in [0.25, 0.3) is 5.91 Å². The minimum Gasteiger partial charge on any atom is -0.335 e. The minimum absolute atomic E-state index is 0.00358. The molecule has 1 saturated heterocycles. The van der Waals surface area contributed by atoms with E-state index in [1.165, 1.54) is 6.92 Å². The van der Waals surface area contributed by atoms with E-state index < -0.39 is 52.4 Å². The molecule has 1 aliphatic carbocycles. The number of nitrogens with zero attached hydrogens (tertiary/aromatic N) is 3. The number of halogens is 6. The average molecular weight is 475 g/mol. The summed E-state index contributed by atoms with van der Waals surface area (Å²) >= 11 is 5.66. The Morgan fingerprint density at radius 2 is 1.94 bits per heavy atom. The second kappa shape index (κ2) is 7.88. The van der Waals surface area contributed by atoms with Gasteiger partial charge in [0.1, 0.15) is 22.7 Å². The molecule has 2 heterocycles. The number of hydrogen-bond donors (Lipinski definition) is 1. The Balaban J connectivity index is 1.74. The van der Waals surface area contributed by atoms with Crippen LogP contribution in [0.2, 0.25) is 5.02 Å². The van der Waals surface area contributed by atoms with Crippen molar-refractivity contribution in [2.75, 3.05) is 16.3 Å². The number of aryl methyl sites for hydroxylation is 1. The maximum absolute atomic E-state index is 14.7. The molecule has 1 aromatic carbocycles. The topological polar surface area (TPSA) is 65.5 Å². The van der Waals surface area contributed by atoms with Crippen LogP contribution >= 0.6 is 11.6 Å². The zero-order valence-corrected chi connectivity index (χ0v) is 17.3. The Labute approximate surface area is 184 Å². The van der Waals surface area contributed by atoms with Gasteiger partial charge in [0.2, 0.25) is 0 Å². The van der Waals surface area contributed by atoms with Gasteiger partial charge < -0.3 is 10.2 Å². The molecule has 1 atom stereocenters. The van der Waals surface area contributed by atoms with Crippen LogP contribution in [-0.4, -0.2) is 35.6 Å². The normalized spacial score (nSPS) is 18.7. The molecule has 1 aromatic heterocycles. The smallest absolute Gasteiger partial charge is 0.335 e. The van der Waals surface area contributed by atoms with Crippen molar-refractivity contribution in [2.45, 2.75) is 38.0 Å². The first-order valence-corrected chi connectivity index (χ1v) is 9.96. The predicted molar refractivity (Wildman–Crippen MR) is 106 cm³/mol. The summed E-state index contributed by atoms with van der Waals surface area (Å²) < 4.78 is 68.1. The number of hydrogen-bond acceptors (Lipinski definition) is 3. The number of anilines is 2. The lowest BCUT2D eigenvalue weighted by molar-refractivity contribution is -0.137. The molecule has 1 aliphatic heterocycles. The summed E-state index contributed by atoms with van der Waals surface area (Å²) in [7, 11) is 0. The van der Waals surface area contributed by atoms with Crippen LogP contribution in [0.25, 0.3) is 0 Å². The molecule has 170 valence electrons. The first-order valence-electron chi connectivity index (χ1n) is 9.58. The van der Waals surface area contributed by atoms with Crippen LogP contribution in [0.15, 0.2) is 24.3 Å². The molecule has 0 unspecified atom stereocenters. The van der Waals surface area contributed by atoms with Crippen LogP contribution in [-0.2, 0) is 11.0 Å². The van der Waals surface area contributed by atoms with E-state index in [-0.39, 0.29) is 23.7 Å². The van der Waals surface area contributed by atoms with Crippen molar-refractivity contribution in [3.05, 3.63) is 52.2 Å². The monoisotopic (exact) mass is 474 g/mol. The Bertz CT molecular complexity index is 1110. The van der Waals surface area contributed by atoms with Gasteiger partial charge >= 0.3 is 12.2 Å². The summed E-state index contributed by atoms with van der Waals surface area (Å²) in [6.07, 6.45) is -3.61. The van der Waals surface area contributed by atoms with E-state index in [0.717, 1.165) is 28.0 Å². The largest absolute Gasteiger partial charge is 0.416 e. The standard InChI is InChI=1S/C20H16ClF5N4O2/c1-9-6-10(20(24,25)26)7-15(28-9)30-14(8-27-19(30)32)18(31)29(11-2-3-11)13-5-4-12(22)16(21)17(13)23/h4-7,11,14H,2-3,8H2,1H3,(H,27,32)/t14-/m0/s1. The Kier molecular flexibility index (Phi) is 5.48. The maximum Gasteiger partial charge on any atom is 0.416 e. The molecule has 0 bridgehead atoms. The van der Waals surface area contributed by atoms with Gasteiger partial charge in [-0.05, 0) is 44.0 Å². The summed E-state index contributed by atoms with van der Waals surface area (Å²) in [6.45, 7) is 1.10. The fourth-order valence-corrected chi connectivity index (χ4v) is 3.75. The molecule has 4 rings (SSSR count). The molecule has 32 heavy (non-hydrogen) atoms. The van der Waals surface area contributed by atoms with Crippen LogP contribution < -0.4 is 15.1 Å². The molecule has 2 aromatic rings. The van der Waals surface area contributed by atoms with Gasteiger partial charge in [-0.15, -0.1) is 0 Å². The lowest BCUT2D eigenvalue weighted by Crippen LogP contribution is -2.49. The van der Waals surface area contributed by atoms with Crippen molar-refractivity contribution in [2.24, 2.45) is 0 Å². The summed E-state index contributed by atoms with van der Waals surface area (Å²) in [4.78, 5) is 31.8. The van der Waals surface area contributed by atoms with Crippen LogP contribution in [0.5, 0.6) is 0 Å². The lowest BCUT2D eigenvalue weighted by atomic mass is 10.1. The molecule has 0 radical (unpaired) electrons. The number of aromatic nitrogens is 1. The lowest BCUT2D eigenvalue weighted by Gasteiger charge is -2.30. The minimum atomic E-state index is -4.69. The van der Waals surface area contributed by atoms with Crippen molar-refractivity contribution in [3.63, 3.8) is 0 Å². The van der Waals surface area contributed by atoms with Crippen LogP contribution in [0.3, 0.4) is 0 Å². The van der Waals surface area contributed by atoms with Crippen molar-refractivity contribution in [3.8, 4) is 0 Å². The third kappa shape index (κ3) is 3.96. The molecular weight excluding hydrogens is 459 g/mol. The molecular formula is C20H16ClF5N4O2. The molecule has 1 N–H and O–H groups in total. The first-order chi connectivity index (χ1) is 15.0. The number of benzene rings is 1. The zero-order valence-electron chi connectivity index (χ0n) is 16.5. The van der Waals surface area contributed by atoms with E-state index in [9.17, 15) is 31.5 Å². The number of pyridine rings is 1. The third-order valence-electron chi connectivity index (χ3n) is 5.20. The van der Waals surface area contributed by atoms with E-state index >= 15 is 0 Å². The van der Waals surface area contributed by atoms with Gasteiger partial charge in [-0.2, -0.15) is 13.2 Å². The summed E-state index contributed by atoms with van der Waals surface area (Å²) in [5.74, 6) is -3.24. The van der Waals surface area contributed by atoms with E-state index in [1.54, 1.807) is 0 Å². The SMILES string of the molecule is Cc1cc(C(F)(F)F)cc(N2C(=O)NC[C@H]2C(=O)N(c2ccc(F)c(Cl)c2F)C2CC2)n1. The number of amides is 3. The third-order valence-corrected chi connectivity index (χ3v) is 5.55. The van der Waals surface area contributed by atoms with E-state index in [2.05, 4.69) is 10.3 Å². The molecule has 2 fully saturated rings. The highest BCUT2D eigenvalue weighted by Crippen LogP contribution is 2.38. The second-order valence-corrected chi connectivity index (χ2v) is 7.94. The van der Waals surface area contributed by atoms with Crippen LogP contribution in [0, 0.1) is 18.6 Å². The summed E-state index contributed by atoms with van der Waals surface area (Å²) in [6, 6.07) is 0.956. The number of alkyl halides is 3. The van der Waals surface area contributed by atoms with E-state index in [4.69, 9.17) is 11.6 Å². The Morgan fingerprint density at radius 3 is 2.56 bits per heavy atom. The zero-order chi connectivity index (χ0) is 23.4. The molecule has 12 heteroatoms. The van der Waals surface area contributed by atoms with Crippen LogP contribution in [0.4, 0.5) is 38.3 Å². The average Bonchev–Trinajstić information content (AvgIpc) is 3.47. The Morgan fingerprint density at radius 1 is 1.25 bits per heavy atom. The number of carbonyl (C=O) groups excluding carboxylic acids is 2. The first kappa shape index (κ1) is 22.3. The van der Waals surface area contributed by atoms with E-state index in [0.29, 0.717) is 18.9 Å². The summed E-state index contributed by atoms with van der Waals surface area (Å²) in [5.41, 5.74) is -1.30. The van der Waals surface area contributed by atoms with Gasteiger partial charge in [-0.25, -0.2) is 18.6 Å². The van der Waals surface area contributed by atoms with Gasteiger partial charge in [-0.1, -0.05) is 11.6 Å². The van der Waals surface area contributed by atoms with Gasteiger partial charge in [0, 0.05) is 18.3 Å². The molecule has 6 nitrogen and oxygen atoms in total. The highest BCUT2D eigenvalue weighted by Gasteiger charge is 2.45. The summed E-state index contributed by atoms with van der Waals surface area (Å²) in [5, 5.41) is 1.63. The quantitative estimate of drug-likeness (QED) is 0.526. The fraction of sp³-hybridized carbons (Fsp3) is 0.350. The number of carbonyl (C=O) groups is 2. The van der Waals surface area contributed by atoms with Crippen molar-refractivity contribution >= 4 is 35.0 Å². The van der Waals surface area contributed by atoms with E-state index in [1.807, 2.05) is 0 Å². The number of rotatable bonds is 4. The molecule has 1 saturated carbocycles. The molecule has 3 amide bonds.